The molecule has 1 N–H and O–H groups in total. The van der Waals surface area contributed by atoms with Crippen molar-refractivity contribution in [1.29, 1.82) is 0 Å². The lowest BCUT2D eigenvalue weighted by Crippen LogP contribution is -2.27. The van der Waals surface area contributed by atoms with Crippen LogP contribution in [0.15, 0.2) is 67.0 Å². The number of carbonyl (C=O) groups excluding carboxylic acids is 1. The number of rotatable bonds is 7. The van der Waals surface area contributed by atoms with Gasteiger partial charge in [-0.25, -0.2) is 13.8 Å². The molecular formula is C24H22F2N4O. The number of hydrogen-bond donors (Lipinski definition) is 1. The number of hydrogen-bond acceptors (Lipinski definition) is 3. The molecule has 0 fully saturated rings. The quantitative estimate of drug-likeness (QED) is 0.477. The van der Waals surface area contributed by atoms with Gasteiger partial charge < -0.3 is 9.88 Å². The van der Waals surface area contributed by atoms with Crippen LogP contribution in [0.2, 0.25) is 0 Å². The molecule has 2 aromatic heterocycles. The number of pyridine rings is 1. The maximum absolute atomic E-state index is 13.3. The summed E-state index contributed by atoms with van der Waals surface area (Å²) in [4.78, 5) is 21.4. The van der Waals surface area contributed by atoms with Crippen LogP contribution in [0.1, 0.15) is 36.3 Å². The molecule has 4 aromatic rings. The largest absolute Gasteiger partial charge is 0.350 e. The molecule has 0 aliphatic heterocycles. The van der Waals surface area contributed by atoms with Crippen molar-refractivity contribution >= 4 is 16.9 Å². The second-order valence-electron chi connectivity index (χ2n) is 7.45. The molecule has 0 spiro atoms. The minimum Gasteiger partial charge on any atom is -0.350 e. The molecule has 31 heavy (non-hydrogen) atoms. The van der Waals surface area contributed by atoms with Crippen molar-refractivity contribution in [3.63, 3.8) is 0 Å². The summed E-state index contributed by atoms with van der Waals surface area (Å²) in [6, 6.07) is 14.0. The second-order valence-corrected chi connectivity index (χ2v) is 7.45. The number of benzene rings is 2. The predicted molar refractivity (Wildman–Crippen MR) is 114 cm³/mol. The van der Waals surface area contributed by atoms with E-state index in [1.165, 1.54) is 24.3 Å². The maximum atomic E-state index is 13.3. The van der Waals surface area contributed by atoms with Gasteiger partial charge in [-0.15, -0.1) is 0 Å². The van der Waals surface area contributed by atoms with Crippen molar-refractivity contribution < 1.29 is 13.6 Å². The lowest BCUT2D eigenvalue weighted by Gasteiger charge is -2.14. The lowest BCUT2D eigenvalue weighted by molar-refractivity contribution is -0.121. The molecule has 158 valence electrons. The number of nitrogens with zero attached hydrogens (tertiary/aromatic N) is 3. The first-order valence-electron chi connectivity index (χ1n) is 10.1. The van der Waals surface area contributed by atoms with Crippen LogP contribution in [0.4, 0.5) is 8.78 Å². The highest BCUT2D eigenvalue weighted by molar-refractivity contribution is 5.77. The number of fused-ring (bicyclic) bond motifs is 1. The van der Waals surface area contributed by atoms with E-state index in [4.69, 9.17) is 0 Å². The first-order chi connectivity index (χ1) is 15.0. The predicted octanol–water partition coefficient (Wildman–Crippen LogP) is 4.57. The fourth-order valence-electron chi connectivity index (χ4n) is 3.53. The van der Waals surface area contributed by atoms with E-state index in [2.05, 4.69) is 15.3 Å². The molecule has 2 aromatic carbocycles. The number of halogens is 2. The van der Waals surface area contributed by atoms with Gasteiger partial charge in [-0.2, -0.15) is 0 Å². The Hall–Kier alpha value is -3.61. The molecule has 5 nitrogen and oxygen atoms in total. The van der Waals surface area contributed by atoms with Crippen LogP contribution in [0.25, 0.3) is 11.0 Å². The van der Waals surface area contributed by atoms with E-state index < -0.39 is 0 Å². The van der Waals surface area contributed by atoms with E-state index >= 15 is 0 Å². The number of carbonyl (C=O) groups is 1. The van der Waals surface area contributed by atoms with Gasteiger partial charge in [-0.3, -0.25) is 9.78 Å². The zero-order chi connectivity index (χ0) is 21.8. The average Bonchev–Trinajstić information content (AvgIpc) is 3.11. The van der Waals surface area contributed by atoms with Gasteiger partial charge in [0.05, 0.1) is 23.3 Å². The van der Waals surface area contributed by atoms with Gasteiger partial charge in [0.15, 0.2) is 0 Å². The van der Waals surface area contributed by atoms with Crippen molar-refractivity contribution in [2.45, 2.75) is 32.4 Å². The Morgan fingerprint density at radius 2 is 1.71 bits per heavy atom. The van der Waals surface area contributed by atoms with E-state index in [9.17, 15) is 13.6 Å². The van der Waals surface area contributed by atoms with Gasteiger partial charge in [-0.1, -0.05) is 24.3 Å². The maximum Gasteiger partial charge on any atom is 0.220 e. The lowest BCUT2D eigenvalue weighted by atomic mass is 10.1. The molecule has 0 bridgehead atoms. The molecule has 7 heteroatoms. The fraction of sp³-hybridized carbons (Fsp3) is 0.208. The third-order valence-electron chi connectivity index (χ3n) is 5.21. The molecule has 0 radical (unpaired) electrons. The number of aromatic nitrogens is 3. The van der Waals surface area contributed by atoms with Crippen molar-refractivity contribution in [3.05, 3.63) is 95.6 Å². The van der Waals surface area contributed by atoms with E-state index in [1.807, 2.05) is 17.6 Å². The third-order valence-corrected chi connectivity index (χ3v) is 5.21. The van der Waals surface area contributed by atoms with E-state index in [-0.39, 0.29) is 30.0 Å². The van der Waals surface area contributed by atoms with Crippen LogP contribution in [0.5, 0.6) is 0 Å². The van der Waals surface area contributed by atoms with Crippen LogP contribution in [-0.2, 0) is 17.8 Å². The molecule has 0 aliphatic carbocycles. The van der Waals surface area contributed by atoms with Crippen molar-refractivity contribution in [2.75, 3.05) is 0 Å². The van der Waals surface area contributed by atoms with Crippen LogP contribution in [0.3, 0.4) is 0 Å². The summed E-state index contributed by atoms with van der Waals surface area (Å²) in [5.41, 5.74) is 3.43. The topological polar surface area (TPSA) is 59.8 Å². The Morgan fingerprint density at radius 1 is 1.03 bits per heavy atom. The number of aryl methyl sites for hydroxylation is 1. The standard InChI is InChI=1S/C24H22F2N4O/c1-16(18-4-8-20(26)9-5-18)28-24(31)11-10-23-29-21-12-13-27-14-22(21)30(23)15-17-2-6-19(25)7-3-17/h2-9,12-14,16H,10-11,15H2,1H3,(H,28,31)/t16-/m0/s1. The van der Waals surface area contributed by atoms with Gasteiger partial charge in [0.25, 0.3) is 0 Å². The van der Waals surface area contributed by atoms with E-state index in [0.29, 0.717) is 13.0 Å². The molecule has 0 aliphatic rings. The van der Waals surface area contributed by atoms with Crippen LogP contribution < -0.4 is 5.32 Å². The van der Waals surface area contributed by atoms with Crippen molar-refractivity contribution in [2.24, 2.45) is 0 Å². The third kappa shape index (κ3) is 4.94. The number of imidazole rings is 1. The highest BCUT2D eigenvalue weighted by Crippen LogP contribution is 2.19. The highest BCUT2D eigenvalue weighted by Gasteiger charge is 2.15. The van der Waals surface area contributed by atoms with Gasteiger partial charge in [0.2, 0.25) is 5.91 Å². The molecule has 0 saturated carbocycles. The Bertz CT molecular complexity index is 1190. The number of amides is 1. The minimum absolute atomic E-state index is 0.115. The van der Waals surface area contributed by atoms with E-state index in [1.54, 1.807) is 36.7 Å². The van der Waals surface area contributed by atoms with Crippen LogP contribution in [0, 0.1) is 11.6 Å². The van der Waals surface area contributed by atoms with Crippen LogP contribution in [-0.4, -0.2) is 20.4 Å². The summed E-state index contributed by atoms with van der Waals surface area (Å²) < 4.78 is 28.4. The summed E-state index contributed by atoms with van der Waals surface area (Å²) >= 11 is 0. The first kappa shape index (κ1) is 20.7. The summed E-state index contributed by atoms with van der Waals surface area (Å²) in [7, 11) is 0. The van der Waals surface area contributed by atoms with Crippen molar-refractivity contribution in [3.8, 4) is 0 Å². The Labute approximate surface area is 178 Å². The molecular weight excluding hydrogens is 398 g/mol. The molecule has 2 heterocycles. The zero-order valence-electron chi connectivity index (χ0n) is 17.1. The van der Waals surface area contributed by atoms with E-state index in [0.717, 1.165) is 28.0 Å². The monoisotopic (exact) mass is 420 g/mol. The summed E-state index contributed by atoms with van der Waals surface area (Å²) in [6.07, 6.45) is 4.12. The van der Waals surface area contributed by atoms with Gasteiger partial charge >= 0.3 is 0 Å². The van der Waals surface area contributed by atoms with Crippen LogP contribution >= 0.6 is 0 Å². The Kier molecular flexibility index (Phi) is 6.02. The summed E-state index contributed by atoms with van der Waals surface area (Å²) in [5.74, 6) is 0.0529. The molecule has 0 saturated heterocycles. The molecule has 1 atom stereocenters. The Morgan fingerprint density at radius 3 is 2.42 bits per heavy atom. The van der Waals surface area contributed by atoms with Gasteiger partial charge in [-0.05, 0) is 48.4 Å². The zero-order valence-corrected chi connectivity index (χ0v) is 17.1. The SMILES string of the molecule is C[C@H](NC(=O)CCc1nc2ccncc2n1Cc1ccc(F)cc1)c1ccc(F)cc1. The van der Waals surface area contributed by atoms with Crippen molar-refractivity contribution in [1.82, 2.24) is 19.9 Å². The summed E-state index contributed by atoms with van der Waals surface area (Å²) in [5, 5.41) is 2.94. The molecule has 1 amide bonds. The molecule has 4 rings (SSSR count). The smallest absolute Gasteiger partial charge is 0.220 e. The first-order valence-corrected chi connectivity index (χ1v) is 10.1. The normalized spacial score (nSPS) is 12.1. The molecule has 0 unspecified atom stereocenters. The van der Waals surface area contributed by atoms with Gasteiger partial charge in [0.1, 0.15) is 17.5 Å². The Balaban J connectivity index is 1.48. The summed E-state index contributed by atoms with van der Waals surface area (Å²) in [6.45, 7) is 2.37. The minimum atomic E-state index is -0.308. The fourth-order valence-corrected chi connectivity index (χ4v) is 3.53. The highest BCUT2D eigenvalue weighted by atomic mass is 19.1. The average molecular weight is 420 g/mol. The second kappa shape index (κ2) is 9.04. The number of nitrogens with one attached hydrogen (secondary N) is 1. The van der Waals surface area contributed by atoms with Gasteiger partial charge in [0, 0.05) is 25.6 Å².